The number of carbonyl (C=O) groups excluding carboxylic acids is 1. The number of rotatable bonds is 6. The zero-order valence-corrected chi connectivity index (χ0v) is 11.4. The molecule has 0 aliphatic heterocycles. The molecule has 0 saturated carbocycles. The lowest BCUT2D eigenvalue weighted by atomic mass is 10.2. The molecular formula is C12H20BrN2O+. The normalized spacial score (nSPS) is 9.56. The highest BCUT2D eigenvalue weighted by Gasteiger charge is 2.06. The van der Waals surface area contributed by atoms with E-state index >= 15 is 0 Å². The van der Waals surface area contributed by atoms with E-state index in [4.69, 9.17) is 5.73 Å². The van der Waals surface area contributed by atoms with Gasteiger partial charge >= 0.3 is 0 Å². The average molecular weight is 288 g/mol. The van der Waals surface area contributed by atoms with E-state index < -0.39 is 0 Å². The van der Waals surface area contributed by atoms with Crippen molar-refractivity contribution in [3.8, 4) is 0 Å². The molecule has 0 radical (unpaired) electrons. The first kappa shape index (κ1) is 15.1. The third-order valence-corrected chi connectivity index (χ3v) is 2.41. The van der Waals surface area contributed by atoms with Crippen LogP contribution in [0.5, 0.6) is 0 Å². The van der Waals surface area contributed by atoms with E-state index in [9.17, 15) is 4.79 Å². The lowest BCUT2D eigenvalue weighted by Gasteiger charge is -1.98. The predicted octanol–water partition coefficient (Wildman–Crippen LogP) is 2.23. The largest absolute Gasteiger partial charge is 0.365 e. The summed E-state index contributed by atoms with van der Waals surface area (Å²) in [5.74, 6) is -0.363. The molecule has 0 unspecified atom stereocenters. The van der Waals surface area contributed by atoms with Crippen molar-refractivity contribution >= 4 is 22.9 Å². The zero-order chi connectivity index (χ0) is 11.1. The van der Waals surface area contributed by atoms with Crippen LogP contribution in [0.15, 0.2) is 24.5 Å². The van der Waals surface area contributed by atoms with Gasteiger partial charge in [0.25, 0.3) is 5.91 Å². The number of amides is 1. The maximum atomic E-state index is 10.9. The first-order valence-corrected chi connectivity index (χ1v) is 5.53. The molecule has 0 fully saturated rings. The maximum Gasteiger partial charge on any atom is 0.254 e. The van der Waals surface area contributed by atoms with Crippen LogP contribution in [0.4, 0.5) is 0 Å². The molecular weight excluding hydrogens is 268 g/mol. The highest BCUT2D eigenvalue weighted by molar-refractivity contribution is 8.93. The summed E-state index contributed by atoms with van der Waals surface area (Å²) in [6, 6.07) is 3.60. The van der Waals surface area contributed by atoms with E-state index in [1.54, 1.807) is 6.07 Å². The highest BCUT2D eigenvalue weighted by Crippen LogP contribution is 1.99. The van der Waals surface area contributed by atoms with Crippen molar-refractivity contribution in [2.75, 3.05) is 0 Å². The van der Waals surface area contributed by atoms with Crippen LogP contribution < -0.4 is 10.3 Å². The number of nitrogens with two attached hydrogens (primary N) is 1. The number of hydrogen-bond donors (Lipinski definition) is 1. The molecule has 0 aliphatic rings. The number of hydrogen-bond acceptors (Lipinski definition) is 1. The minimum atomic E-state index is -0.363. The molecule has 1 aromatic rings. The molecule has 0 spiro atoms. The Morgan fingerprint density at radius 1 is 1.38 bits per heavy atom. The summed E-state index contributed by atoms with van der Waals surface area (Å²) in [6.07, 6.45) is 8.69. The van der Waals surface area contributed by atoms with Gasteiger partial charge in [-0.1, -0.05) is 19.8 Å². The Kier molecular flexibility index (Phi) is 7.81. The molecule has 0 aliphatic carbocycles. The topological polar surface area (TPSA) is 47.0 Å². The fourth-order valence-electron chi connectivity index (χ4n) is 1.53. The molecule has 3 nitrogen and oxygen atoms in total. The first-order valence-electron chi connectivity index (χ1n) is 5.53. The summed E-state index contributed by atoms with van der Waals surface area (Å²) in [5, 5.41) is 0. The van der Waals surface area contributed by atoms with Crippen molar-refractivity contribution in [1.82, 2.24) is 0 Å². The fraction of sp³-hybridized carbons (Fsp3) is 0.500. The fourth-order valence-corrected chi connectivity index (χ4v) is 1.53. The molecule has 1 rings (SSSR count). The number of aromatic nitrogens is 1. The van der Waals surface area contributed by atoms with Crippen LogP contribution >= 0.6 is 17.0 Å². The van der Waals surface area contributed by atoms with E-state index in [1.165, 1.54) is 19.3 Å². The van der Waals surface area contributed by atoms with Gasteiger partial charge in [0, 0.05) is 12.5 Å². The van der Waals surface area contributed by atoms with Gasteiger partial charge < -0.3 is 5.73 Å². The second kappa shape index (κ2) is 8.28. The molecule has 1 amide bonds. The monoisotopic (exact) mass is 287 g/mol. The van der Waals surface area contributed by atoms with Crippen LogP contribution in [-0.2, 0) is 6.54 Å². The van der Waals surface area contributed by atoms with Gasteiger partial charge in [-0.15, -0.1) is 17.0 Å². The Morgan fingerprint density at radius 2 is 2.12 bits per heavy atom. The average Bonchev–Trinajstić information content (AvgIpc) is 2.25. The Labute approximate surface area is 107 Å². The molecule has 16 heavy (non-hydrogen) atoms. The van der Waals surface area contributed by atoms with Crippen molar-refractivity contribution in [2.24, 2.45) is 5.73 Å². The van der Waals surface area contributed by atoms with E-state index in [0.717, 1.165) is 13.0 Å². The van der Waals surface area contributed by atoms with Gasteiger partial charge in [-0.2, -0.15) is 0 Å². The molecule has 90 valence electrons. The van der Waals surface area contributed by atoms with Gasteiger partial charge in [-0.3, -0.25) is 4.79 Å². The van der Waals surface area contributed by atoms with Gasteiger partial charge in [0.05, 0.1) is 0 Å². The lowest BCUT2D eigenvalue weighted by Crippen LogP contribution is -2.34. The van der Waals surface area contributed by atoms with Gasteiger partial charge in [-0.05, 0) is 12.5 Å². The Balaban J connectivity index is 0.00000225. The first-order chi connectivity index (χ1) is 7.24. The van der Waals surface area contributed by atoms with Crippen molar-refractivity contribution in [3.63, 3.8) is 0 Å². The van der Waals surface area contributed by atoms with E-state index in [0.29, 0.717) is 5.56 Å². The predicted molar refractivity (Wildman–Crippen MR) is 69.6 cm³/mol. The summed E-state index contributed by atoms with van der Waals surface area (Å²) in [4.78, 5) is 10.9. The third-order valence-electron chi connectivity index (χ3n) is 2.41. The van der Waals surface area contributed by atoms with Gasteiger partial charge in [0.15, 0.2) is 12.4 Å². The van der Waals surface area contributed by atoms with Crippen molar-refractivity contribution < 1.29 is 9.36 Å². The second-order valence-corrected chi connectivity index (χ2v) is 3.76. The van der Waals surface area contributed by atoms with Crippen molar-refractivity contribution in [2.45, 2.75) is 39.2 Å². The second-order valence-electron chi connectivity index (χ2n) is 3.76. The van der Waals surface area contributed by atoms with Crippen LogP contribution in [0.1, 0.15) is 43.0 Å². The zero-order valence-electron chi connectivity index (χ0n) is 9.69. The summed E-state index contributed by atoms with van der Waals surface area (Å²) in [7, 11) is 0. The van der Waals surface area contributed by atoms with Gasteiger partial charge in [-0.25, -0.2) is 4.57 Å². The van der Waals surface area contributed by atoms with Crippen LogP contribution in [-0.4, -0.2) is 5.91 Å². The molecule has 0 bridgehead atoms. The minimum Gasteiger partial charge on any atom is -0.365 e. The van der Waals surface area contributed by atoms with Crippen LogP contribution in [0.3, 0.4) is 0 Å². The lowest BCUT2D eigenvalue weighted by molar-refractivity contribution is -0.697. The quantitative estimate of drug-likeness (QED) is 0.633. The summed E-state index contributed by atoms with van der Waals surface area (Å²) >= 11 is 0. The molecule has 2 N–H and O–H groups in total. The van der Waals surface area contributed by atoms with Gasteiger partial charge in [0.1, 0.15) is 12.1 Å². The number of primary amides is 1. The summed E-state index contributed by atoms with van der Waals surface area (Å²) in [6.45, 7) is 3.15. The Hall–Kier alpha value is -0.900. The number of nitrogens with zero attached hydrogens (tertiary/aromatic N) is 1. The molecule has 1 aromatic heterocycles. The number of pyridine rings is 1. The molecule has 0 saturated heterocycles. The minimum absolute atomic E-state index is 0. The number of unbranched alkanes of at least 4 members (excludes halogenated alkanes) is 3. The number of halogens is 1. The molecule has 0 aromatic carbocycles. The van der Waals surface area contributed by atoms with Crippen molar-refractivity contribution in [3.05, 3.63) is 30.1 Å². The number of aryl methyl sites for hydroxylation is 1. The van der Waals surface area contributed by atoms with Gasteiger partial charge in [0.2, 0.25) is 0 Å². The SMILES string of the molecule is Br.CCCCCC[n+]1cccc(C(N)=O)c1. The standard InChI is InChI=1S/C12H18N2O.BrH/c1-2-3-4-5-8-14-9-6-7-11(10-14)12(13)15;/h6-7,9-10H,2-5,8H2,1H3,(H-,13,15);1H/p+1. The number of carbonyl (C=O) groups is 1. The summed E-state index contributed by atoms with van der Waals surface area (Å²) in [5.41, 5.74) is 5.78. The Bertz CT molecular complexity index is 329. The van der Waals surface area contributed by atoms with Crippen LogP contribution in [0.2, 0.25) is 0 Å². The third kappa shape index (κ3) is 5.26. The van der Waals surface area contributed by atoms with Crippen LogP contribution in [0.25, 0.3) is 0 Å². The van der Waals surface area contributed by atoms with E-state index in [-0.39, 0.29) is 22.9 Å². The maximum absolute atomic E-state index is 10.9. The Morgan fingerprint density at radius 3 is 2.75 bits per heavy atom. The highest BCUT2D eigenvalue weighted by atomic mass is 79.9. The summed E-state index contributed by atoms with van der Waals surface area (Å²) < 4.78 is 2.02. The molecule has 0 atom stereocenters. The molecule has 1 heterocycles. The van der Waals surface area contributed by atoms with E-state index in [1.807, 2.05) is 23.0 Å². The van der Waals surface area contributed by atoms with Crippen molar-refractivity contribution in [1.29, 1.82) is 0 Å². The smallest absolute Gasteiger partial charge is 0.254 e. The van der Waals surface area contributed by atoms with Crippen LogP contribution in [0, 0.1) is 0 Å². The molecule has 4 heteroatoms. The van der Waals surface area contributed by atoms with E-state index in [2.05, 4.69) is 6.92 Å².